The summed E-state index contributed by atoms with van der Waals surface area (Å²) in [6.07, 6.45) is 2.15. The number of ether oxygens (including phenoxy) is 2. The molecule has 4 nitrogen and oxygen atoms in total. The fourth-order valence-corrected chi connectivity index (χ4v) is 2.77. The molecular formula is C21H25NO3. The van der Waals surface area contributed by atoms with Gasteiger partial charge >= 0.3 is 0 Å². The summed E-state index contributed by atoms with van der Waals surface area (Å²) in [6, 6.07) is 14.1. The van der Waals surface area contributed by atoms with E-state index in [0.29, 0.717) is 12.6 Å². The lowest BCUT2D eigenvalue weighted by Gasteiger charge is -2.23. The summed E-state index contributed by atoms with van der Waals surface area (Å²) >= 11 is 0. The summed E-state index contributed by atoms with van der Waals surface area (Å²) in [5, 5.41) is 0. The van der Waals surface area contributed by atoms with Crippen LogP contribution < -0.4 is 9.47 Å². The largest absolute Gasteiger partial charge is 0.497 e. The molecule has 3 rings (SSSR count). The summed E-state index contributed by atoms with van der Waals surface area (Å²) in [6.45, 7) is 4.80. The smallest absolute Gasteiger partial charge is 0.261 e. The van der Waals surface area contributed by atoms with Gasteiger partial charge in [0.25, 0.3) is 5.91 Å². The van der Waals surface area contributed by atoms with Gasteiger partial charge in [-0.3, -0.25) is 4.79 Å². The first kappa shape index (κ1) is 17.3. The molecule has 2 aromatic carbocycles. The van der Waals surface area contributed by atoms with Gasteiger partial charge in [0, 0.05) is 12.6 Å². The molecule has 1 fully saturated rings. The van der Waals surface area contributed by atoms with Crippen molar-refractivity contribution in [2.75, 3.05) is 13.7 Å². The van der Waals surface area contributed by atoms with Crippen LogP contribution in [-0.2, 0) is 11.3 Å². The second kappa shape index (κ2) is 7.60. The van der Waals surface area contributed by atoms with Crippen LogP contribution in [0.3, 0.4) is 0 Å². The summed E-state index contributed by atoms with van der Waals surface area (Å²) in [5.74, 6) is 1.61. The predicted octanol–water partition coefficient (Wildman–Crippen LogP) is 3.88. The number of benzene rings is 2. The quantitative estimate of drug-likeness (QED) is 0.768. The molecule has 1 amide bonds. The van der Waals surface area contributed by atoms with Gasteiger partial charge in [-0.05, 0) is 67.6 Å². The highest BCUT2D eigenvalue weighted by atomic mass is 16.5. The first-order valence-electron chi connectivity index (χ1n) is 8.69. The van der Waals surface area contributed by atoms with Crippen LogP contribution in [0.4, 0.5) is 0 Å². The lowest BCUT2D eigenvalue weighted by Crippen LogP contribution is -2.36. The number of amides is 1. The maximum Gasteiger partial charge on any atom is 0.261 e. The highest BCUT2D eigenvalue weighted by Crippen LogP contribution is 2.29. The van der Waals surface area contributed by atoms with E-state index in [-0.39, 0.29) is 12.5 Å². The number of hydrogen-bond donors (Lipinski definition) is 0. The van der Waals surface area contributed by atoms with Gasteiger partial charge in [-0.2, -0.15) is 0 Å². The topological polar surface area (TPSA) is 38.8 Å². The van der Waals surface area contributed by atoms with Crippen molar-refractivity contribution in [2.24, 2.45) is 0 Å². The molecular weight excluding hydrogens is 314 g/mol. The molecule has 0 bridgehead atoms. The molecule has 25 heavy (non-hydrogen) atoms. The molecule has 132 valence electrons. The molecule has 4 heteroatoms. The van der Waals surface area contributed by atoms with Gasteiger partial charge in [-0.1, -0.05) is 18.2 Å². The number of aryl methyl sites for hydroxylation is 2. The zero-order chi connectivity index (χ0) is 17.8. The Labute approximate surface area is 149 Å². The van der Waals surface area contributed by atoms with E-state index in [1.54, 1.807) is 7.11 Å². The Morgan fingerprint density at radius 2 is 1.72 bits per heavy atom. The number of carbonyl (C=O) groups is 1. The molecule has 1 aliphatic rings. The normalized spacial score (nSPS) is 13.4. The van der Waals surface area contributed by atoms with E-state index in [1.807, 2.05) is 54.3 Å². The lowest BCUT2D eigenvalue weighted by atomic mass is 10.1. The van der Waals surface area contributed by atoms with Crippen LogP contribution in [0, 0.1) is 13.8 Å². The fraction of sp³-hybridized carbons (Fsp3) is 0.381. The molecule has 0 saturated heterocycles. The average molecular weight is 339 g/mol. The highest BCUT2D eigenvalue weighted by Gasteiger charge is 2.32. The van der Waals surface area contributed by atoms with E-state index >= 15 is 0 Å². The van der Waals surface area contributed by atoms with Crippen LogP contribution in [0.1, 0.15) is 29.5 Å². The molecule has 0 radical (unpaired) electrons. The van der Waals surface area contributed by atoms with Crippen molar-refractivity contribution >= 4 is 5.91 Å². The summed E-state index contributed by atoms with van der Waals surface area (Å²) in [4.78, 5) is 14.6. The van der Waals surface area contributed by atoms with E-state index in [9.17, 15) is 4.79 Å². The molecule has 0 heterocycles. The van der Waals surface area contributed by atoms with E-state index in [2.05, 4.69) is 6.92 Å². The number of methoxy groups -OCH3 is 1. The molecule has 2 aromatic rings. The molecule has 1 saturated carbocycles. The molecule has 0 unspecified atom stereocenters. The SMILES string of the molecule is COc1ccc(CN(C(=O)COc2ccc(C)c(C)c2)C2CC2)cc1. The Bertz CT molecular complexity index is 735. The molecule has 0 N–H and O–H groups in total. The summed E-state index contributed by atoms with van der Waals surface area (Å²) in [5.41, 5.74) is 3.49. The number of hydrogen-bond acceptors (Lipinski definition) is 3. The summed E-state index contributed by atoms with van der Waals surface area (Å²) < 4.78 is 10.9. The number of rotatable bonds is 7. The van der Waals surface area contributed by atoms with Crippen molar-refractivity contribution < 1.29 is 14.3 Å². The van der Waals surface area contributed by atoms with Crippen LogP contribution >= 0.6 is 0 Å². The van der Waals surface area contributed by atoms with E-state index in [1.165, 1.54) is 11.1 Å². The van der Waals surface area contributed by atoms with Crippen LogP contribution in [0.5, 0.6) is 11.5 Å². The summed E-state index contributed by atoms with van der Waals surface area (Å²) in [7, 11) is 1.65. The van der Waals surface area contributed by atoms with E-state index in [0.717, 1.165) is 29.9 Å². The van der Waals surface area contributed by atoms with E-state index in [4.69, 9.17) is 9.47 Å². The van der Waals surface area contributed by atoms with Gasteiger partial charge in [0.2, 0.25) is 0 Å². The Hall–Kier alpha value is -2.49. The van der Waals surface area contributed by atoms with Crippen molar-refractivity contribution in [2.45, 2.75) is 39.3 Å². The molecule has 1 aliphatic carbocycles. The predicted molar refractivity (Wildman–Crippen MR) is 98.0 cm³/mol. The molecule has 0 atom stereocenters. The fourth-order valence-electron chi connectivity index (χ4n) is 2.77. The third-order valence-corrected chi connectivity index (χ3v) is 4.66. The van der Waals surface area contributed by atoms with Crippen molar-refractivity contribution in [3.05, 3.63) is 59.2 Å². The van der Waals surface area contributed by atoms with Gasteiger partial charge in [0.15, 0.2) is 6.61 Å². The second-order valence-corrected chi connectivity index (χ2v) is 6.64. The monoisotopic (exact) mass is 339 g/mol. The maximum absolute atomic E-state index is 12.7. The molecule has 0 spiro atoms. The lowest BCUT2D eigenvalue weighted by molar-refractivity contribution is -0.134. The Balaban J connectivity index is 1.61. The third-order valence-electron chi connectivity index (χ3n) is 4.66. The van der Waals surface area contributed by atoms with Crippen LogP contribution in [0.2, 0.25) is 0 Å². The van der Waals surface area contributed by atoms with Crippen molar-refractivity contribution in [3.8, 4) is 11.5 Å². The second-order valence-electron chi connectivity index (χ2n) is 6.64. The van der Waals surface area contributed by atoms with E-state index < -0.39 is 0 Å². The minimum atomic E-state index is 0.0385. The van der Waals surface area contributed by atoms with Crippen molar-refractivity contribution in [1.29, 1.82) is 0 Å². The van der Waals surface area contributed by atoms with Gasteiger partial charge < -0.3 is 14.4 Å². The first-order chi connectivity index (χ1) is 12.1. The minimum Gasteiger partial charge on any atom is -0.497 e. The molecule has 0 aromatic heterocycles. The number of nitrogens with zero attached hydrogens (tertiary/aromatic N) is 1. The van der Waals surface area contributed by atoms with Crippen molar-refractivity contribution in [1.82, 2.24) is 4.90 Å². The Morgan fingerprint density at radius 3 is 2.32 bits per heavy atom. The average Bonchev–Trinajstić information content (AvgIpc) is 3.46. The Morgan fingerprint density at radius 1 is 1.04 bits per heavy atom. The standard InChI is InChI=1S/C21H25NO3/c1-15-4-9-20(12-16(15)2)25-14-21(23)22(18-7-8-18)13-17-5-10-19(24-3)11-6-17/h4-6,9-12,18H,7-8,13-14H2,1-3H3. The Kier molecular flexibility index (Phi) is 5.27. The zero-order valence-corrected chi connectivity index (χ0v) is 15.1. The van der Waals surface area contributed by atoms with Gasteiger partial charge in [0.1, 0.15) is 11.5 Å². The van der Waals surface area contributed by atoms with Crippen LogP contribution in [0.25, 0.3) is 0 Å². The maximum atomic E-state index is 12.7. The highest BCUT2D eigenvalue weighted by molar-refractivity contribution is 5.78. The van der Waals surface area contributed by atoms with Gasteiger partial charge in [-0.25, -0.2) is 0 Å². The number of carbonyl (C=O) groups excluding carboxylic acids is 1. The van der Waals surface area contributed by atoms with Crippen LogP contribution in [-0.4, -0.2) is 30.6 Å². The zero-order valence-electron chi connectivity index (χ0n) is 15.1. The minimum absolute atomic E-state index is 0.0385. The third kappa shape index (κ3) is 4.53. The first-order valence-corrected chi connectivity index (χ1v) is 8.69. The van der Waals surface area contributed by atoms with Gasteiger partial charge in [-0.15, -0.1) is 0 Å². The van der Waals surface area contributed by atoms with Crippen LogP contribution in [0.15, 0.2) is 42.5 Å². The molecule has 0 aliphatic heterocycles. The van der Waals surface area contributed by atoms with Gasteiger partial charge in [0.05, 0.1) is 7.11 Å². The van der Waals surface area contributed by atoms with Crippen molar-refractivity contribution in [3.63, 3.8) is 0 Å².